The van der Waals surface area contributed by atoms with Crippen LogP contribution in [0.25, 0.3) is 0 Å². The number of amides is 2. The smallest absolute Gasteiger partial charge is 0.254 e. The highest BCUT2D eigenvalue weighted by atomic mass is 79.9. The van der Waals surface area contributed by atoms with Crippen molar-refractivity contribution in [2.24, 2.45) is 0 Å². The van der Waals surface area contributed by atoms with Crippen LogP contribution in [0.1, 0.15) is 11.6 Å². The Labute approximate surface area is 130 Å². The zero-order valence-corrected chi connectivity index (χ0v) is 12.7. The minimum atomic E-state index is -0.639. The van der Waals surface area contributed by atoms with Crippen LogP contribution in [-0.2, 0) is 9.59 Å². The fourth-order valence-corrected chi connectivity index (χ4v) is 2.89. The number of carbonyl (C=O) groups is 2. The molecule has 0 bridgehead atoms. The van der Waals surface area contributed by atoms with E-state index in [0.717, 1.165) is 10.0 Å². The molecule has 1 aliphatic rings. The molecule has 4 nitrogen and oxygen atoms in total. The molecule has 0 saturated carbocycles. The lowest BCUT2D eigenvalue weighted by Crippen LogP contribution is -2.53. The maximum Gasteiger partial charge on any atom is 0.254 e. The van der Waals surface area contributed by atoms with Gasteiger partial charge in [0.25, 0.3) is 5.91 Å². The van der Waals surface area contributed by atoms with E-state index in [-0.39, 0.29) is 18.4 Å². The number of nitrogens with one attached hydrogen (secondary N) is 1. The van der Waals surface area contributed by atoms with E-state index < -0.39 is 6.04 Å². The fraction of sp³-hybridized carbons (Fsp3) is 0.125. The lowest BCUT2D eigenvalue weighted by atomic mass is 10.0. The first-order valence-corrected chi connectivity index (χ1v) is 7.36. The summed E-state index contributed by atoms with van der Waals surface area (Å²) in [6.07, 6.45) is 0. The number of hydrogen-bond donors (Lipinski definition) is 1. The molecule has 1 unspecified atom stereocenters. The number of piperazine rings is 1. The molecule has 5 heteroatoms. The van der Waals surface area contributed by atoms with Gasteiger partial charge in [-0.25, -0.2) is 0 Å². The van der Waals surface area contributed by atoms with E-state index in [0.29, 0.717) is 5.69 Å². The summed E-state index contributed by atoms with van der Waals surface area (Å²) in [5.74, 6) is -0.299. The molecule has 3 rings (SSSR count). The normalized spacial score (nSPS) is 18.5. The average molecular weight is 345 g/mol. The maximum absolute atomic E-state index is 12.7. The minimum Gasteiger partial charge on any atom is -0.339 e. The van der Waals surface area contributed by atoms with Gasteiger partial charge in [0.1, 0.15) is 12.6 Å². The molecular weight excluding hydrogens is 332 g/mol. The molecule has 1 saturated heterocycles. The molecular formula is C16H13BrN2O2. The lowest BCUT2D eigenvalue weighted by Gasteiger charge is -2.33. The van der Waals surface area contributed by atoms with Crippen molar-refractivity contribution in [3.8, 4) is 0 Å². The van der Waals surface area contributed by atoms with Crippen LogP contribution >= 0.6 is 15.9 Å². The van der Waals surface area contributed by atoms with Gasteiger partial charge in [0.15, 0.2) is 0 Å². The molecule has 21 heavy (non-hydrogen) atoms. The van der Waals surface area contributed by atoms with Crippen molar-refractivity contribution in [1.82, 2.24) is 5.32 Å². The van der Waals surface area contributed by atoms with Crippen LogP contribution in [0.3, 0.4) is 0 Å². The number of carbonyl (C=O) groups excluding carboxylic acids is 2. The van der Waals surface area contributed by atoms with Crippen LogP contribution in [0.5, 0.6) is 0 Å². The Balaban J connectivity index is 1.98. The van der Waals surface area contributed by atoms with Gasteiger partial charge in [-0.15, -0.1) is 0 Å². The third-order valence-electron chi connectivity index (χ3n) is 3.40. The van der Waals surface area contributed by atoms with Crippen LogP contribution in [0.15, 0.2) is 59.1 Å². The molecule has 0 radical (unpaired) electrons. The van der Waals surface area contributed by atoms with Crippen molar-refractivity contribution < 1.29 is 9.59 Å². The number of halogens is 1. The molecule has 0 spiro atoms. The highest BCUT2D eigenvalue weighted by Gasteiger charge is 2.35. The number of rotatable bonds is 2. The Morgan fingerprint density at radius 1 is 1.00 bits per heavy atom. The summed E-state index contributed by atoms with van der Waals surface area (Å²) in [4.78, 5) is 26.2. The largest absolute Gasteiger partial charge is 0.339 e. The topological polar surface area (TPSA) is 49.4 Å². The SMILES string of the molecule is O=C1CN(c2ccccc2Br)C(=O)C(c2ccccc2)N1. The summed E-state index contributed by atoms with van der Waals surface area (Å²) in [5, 5.41) is 2.76. The molecule has 106 valence electrons. The second-order valence-electron chi connectivity index (χ2n) is 4.79. The van der Waals surface area contributed by atoms with Crippen molar-refractivity contribution in [1.29, 1.82) is 0 Å². The Bertz CT molecular complexity index is 688. The number of hydrogen-bond acceptors (Lipinski definition) is 2. The number of para-hydroxylation sites is 1. The second-order valence-corrected chi connectivity index (χ2v) is 5.64. The monoisotopic (exact) mass is 344 g/mol. The highest BCUT2D eigenvalue weighted by Crippen LogP contribution is 2.30. The van der Waals surface area contributed by atoms with E-state index in [1.807, 2.05) is 54.6 Å². The highest BCUT2D eigenvalue weighted by molar-refractivity contribution is 9.10. The Morgan fingerprint density at radius 3 is 2.38 bits per heavy atom. The van der Waals surface area contributed by atoms with Crippen molar-refractivity contribution in [2.45, 2.75) is 6.04 Å². The van der Waals surface area contributed by atoms with E-state index in [2.05, 4.69) is 21.2 Å². The molecule has 1 N–H and O–H groups in total. The van der Waals surface area contributed by atoms with Gasteiger partial charge in [0.05, 0.1) is 5.69 Å². The van der Waals surface area contributed by atoms with Crippen LogP contribution in [0, 0.1) is 0 Å². The van der Waals surface area contributed by atoms with Crippen LogP contribution in [0.2, 0.25) is 0 Å². The van der Waals surface area contributed by atoms with Gasteiger partial charge in [-0.1, -0.05) is 42.5 Å². The molecule has 1 heterocycles. The summed E-state index contributed by atoms with van der Waals surface area (Å²) in [6.45, 7) is 0.0325. The Kier molecular flexibility index (Phi) is 3.75. The molecule has 1 atom stereocenters. The maximum atomic E-state index is 12.7. The quantitative estimate of drug-likeness (QED) is 0.910. The van der Waals surface area contributed by atoms with Crippen LogP contribution in [0.4, 0.5) is 5.69 Å². The van der Waals surface area contributed by atoms with Gasteiger partial charge in [-0.2, -0.15) is 0 Å². The van der Waals surface area contributed by atoms with Gasteiger partial charge in [0.2, 0.25) is 5.91 Å². The average Bonchev–Trinajstić information content (AvgIpc) is 2.51. The molecule has 1 aliphatic heterocycles. The molecule has 2 aromatic carbocycles. The van der Waals surface area contributed by atoms with Crippen molar-refractivity contribution in [2.75, 3.05) is 11.4 Å². The van der Waals surface area contributed by atoms with Gasteiger partial charge in [-0.3, -0.25) is 14.5 Å². The Morgan fingerprint density at radius 2 is 1.67 bits per heavy atom. The van der Waals surface area contributed by atoms with Crippen LogP contribution < -0.4 is 10.2 Å². The molecule has 2 aromatic rings. The first-order valence-electron chi connectivity index (χ1n) is 6.57. The Hall–Kier alpha value is -2.14. The first kappa shape index (κ1) is 13.8. The van der Waals surface area contributed by atoms with Gasteiger partial charge in [-0.05, 0) is 33.6 Å². The summed E-state index contributed by atoms with van der Waals surface area (Å²) in [7, 11) is 0. The fourth-order valence-electron chi connectivity index (χ4n) is 2.39. The molecule has 0 aliphatic carbocycles. The van der Waals surface area contributed by atoms with E-state index in [9.17, 15) is 9.59 Å². The standard InChI is InChI=1S/C16H13BrN2O2/c17-12-8-4-5-9-13(12)19-10-14(20)18-15(16(19)21)11-6-2-1-3-7-11/h1-9,15H,10H2,(H,18,20). The van der Waals surface area contributed by atoms with E-state index in [4.69, 9.17) is 0 Å². The summed E-state index contributed by atoms with van der Waals surface area (Å²) in [6, 6.07) is 16.0. The predicted octanol–water partition coefficient (Wildman–Crippen LogP) is 2.65. The van der Waals surface area contributed by atoms with E-state index >= 15 is 0 Å². The molecule has 0 aromatic heterocycles. The third-order valence-corrected chi connectivity index (χ3v) is 4.07. The van der Waals surface area contributed by atoms with Crippen molar-refractivity contribution >= 4 is 33.4 Å². The number of benzene rings is 2. The zero-order valence-electron chi connectivity index (χ0n) is 11.1. The summed E-state index contributed by atoms with van der Waals surface area (Å²) < 4.78 is 0.792. The van der Waals surface area contributed by atoms with E-state index in [1.54, 1.807) is 0 Å². The van der Waals surface area contributed by atoms with E-state index in [1.165, 1.54) is 4.90 Å². The van der Waals surface area contributed by atoms with Gasteiger partial charge < -0.3 is 5.32 Å². The molecule has 1 fully saturated rings. The lowest BCUT2D eigenvalue weighted by molar-refractivity contribution is -0.131. The second kappa shape index (κ2) is 5.69. The zero-order chi connectivity index (χ0) is 14.8. The summed E-state index contributed by atoms with van der Waals surface area (Å²) in [5.41, 5.74) is 1.49. The first-order chi connectivity index (χ1) is 10.2. The summed E-state index contributed by atoms with van der Waals surface area (Å²) >= 11 is 3.43. The number of nitrogens with zero attached hydrogens (tertiary/aromatic N) is 1. The number of anilines is 1. The predicted molar refractivity (Wildman–Crippen MR) is 83.8 cm³/mol. The van der Waals surface area contributed by atoms with Gasteiger partial charge in [0, 0.05) is 4.47 Å². The third kappa shape index (κ3) is 2.69. The minimum absolute atomic E-state index is 0.0325. The molecule has 2 amide bonds. The van der Waals surface area contributed by atoms with Crippen LogP contribution in [-0.4, -0.2) is 18.4 Å². The van der Waals surface area contributed by atoms with Gasteiger partial charge >= 0.3 is 0 Å². The van der Waals surface area contributed by atoms with Crippen molar-refractivity contribution in [3.63, 3.8) is 0 Å². The van der Waals surface area contributed by atoms with Crippen molar-refractivity contribution in [3.05, 3.63) is 64.6 Å².